The molecule has 7 nitrogen and oxygen atoms in total. The number of aromatic nitrogens is 4. The Balaban J connectivity index is 1.54. The summed E-state index contributed by atoms with van der Waals surface area (Å²) in [6, 6.07) is 9.92. The second-order valence-electron chi connectivity index (χ2n) is 7.38. The average Bonchev–Trinajstić information content (AvgIpc) is 3.32. The molecule has 0 amide bonds. The van der Waals surface area contributed by atoms with Gasteiger partial charge in [-0.3, -0.25) is 9.10 Å². The van der Waals surface area contributed by atoms with Crippen LogP contribution >= 0.6 is 11.9 Å². The van der Waals surface area contributed by atoms with E-state index in [1.807, 2.05) is 22.9 Å². The van der Waals surface area contributed by atoms with Crippen molar-refractivity contribution >= 4 is 23.5 Å². The molecule has 1 N–H and O–H groups in total. The molecule has 2 aliphatic rings. The van der Waals surface area contributed by atoms with E-state index in [4.69, 9.17) is 4.74 Å². The van der Waals surface area contributed by atoms with E-state index in [2.05, 4.69) is 39.3 Å². The number of pyridine rings is 1. The van der Waals surface area contributed by atoms with Crippen molar-refractivity contribution in [3.8, 4) is 16.9 Å². The van der Waals surface area contributed by atoms with Crippen LogP contribution in [-0.2, 0) is 0 Å². The fourth-order valence-corrected chi connectivity index (χ4v) is 4.86. The molecule has 1 aromatic carbocycles. The molecule has 0 aliphatic carbocycles. The van der Waals surface area contributed by atoms with Crippen molar-refractivity contribution in [2.24, 2.45) is 0 Å². The Kier molecular flexibility index (Phi) is 4.43. The van der Waals surface area contributed by atoms with Crippen LogP contribution in [0, 0.1) is 0 Å². The Labute approximate surface area is 172 Å². The molecule has 0 spiro atoms. The van der Waals surface area contributed by atoms with Gasteiger partial charge >= 0.3 is 0 Å². The van der Waals surface area contributed by atoms with Crippen LogP contribution in [0.4, 0.5) is 5.95 Å². The van der Waals surface area contributed by atoms with Gasteiger partial charge in [0.05, 0.1) is 19.2 Å². The minimum Gasteiger partial charge on any atom is -0.493 e. The number of rotatable bonds is 3. The number of hydrogen-bond donors (Lipinski definition) is 1. The predicted octanol–water partition coefficient (Wildman–Crippen LogP) is 3.88. The largest absolute Gasteiger partial charge is 0.493 e. The van der Waals surface area contributed by atoms with Gasteiger partial charge in [0.1, 0.15) is 12.1 Å². The zero-order valence-electron chi connectivity index (χ0n) is 16.3. The summed E-state index contributed by atoms with van der Waals surface area (Å²) < 4.78 is 10.2. The minimum absolute atomic E-state index is 0.107. The zero-order chi connectivity index (χ0) is 20.0. The molecule has 2 aliphatic heterocycles. The van der Waals surface area contributed by atoms with Crippen molar-refractivity contribution in [2.75, 3.05) is 17.5 Å². The van der Waals surface area contributed by atoms with E-state index in [1.165, 1.54) is 10.5 Å². The fraction of sp³-hybridized carbons (Fsp3) is 0.286. The van der Waals surface area contributed by atoms with E-state index >= 15 is 0 Å². The lowest BCUT2D eigenvalue weighted by atomic mass is 9.98. The van der Waals surface area contributed by atoms with Gasteiger partial charge in [-0.15, -0.1) is 0 Å². The van der Waals surface area contributed by atoms with Crippen LogP contribution in [0.5, 0.6) is 5.75 Å². The van der Waals surface area contributed by atoms with Gasteiger partial charge in [-0.1, -0.05) is 6.07 Å². The Morgan fingerprint density at radius 2 is 2.07 bits per heavy atom. The van der Waals surface area contributed by atoms with Crippen LogP contribution in [0.3, 0.4) is 0 Å². The summed E-state index contributed by atoms with van der Waals surface area (Å²) in [6.45, 7) is 5.59. The molecular weight excluding hydrogens is 386 g/mol. The quantitative estimate of drug-likeness (QED) is 0.664. The maximum absolute atomic E-state index is 11.7. The van der Waals surface area contributed by atoms with Crippen molar-refractivity contribution in [3.63, 3.8) is 0 Å². The smallest absolute Gasteiger partial charge is 0.248 e. The zero-order valence-corrected chi connectivity index (χ0v) is 17.1. The molecule has 2 aromatic heterocycles. The number of anilines is 1. The van der Waals surface area contributed by atoms with Gasteiger partial charge in [-0.05, 0) is 60.7 Å². The van der Waals surface area contributed by atoms with Crippen molar-refractivity contribution < 1.29 is 4.74 Å². The standard InChI is InChI=1S/C21H21N5O2S/c1-13(2)26-21(23-12-24-26)25-11-17-16-9-14(15-5-7-22-20(27)10-15)3-4-18(16)28-8-6-19(17)29-25/h3-5,7,9-10,12-13H,6,8,11H2,1-2H3,(H,22,27). The molecule has 3 aromatic rings. The Morgan fingerprint density at radius 3 is 2.90 bits per heavy atom. The second-order valence-corrected chi connectivity index (χ2v) is 8.50. The third-order valence-corrected chi connectivity index (χ3v) is 6.31. The molecule has 29 heavy (non-hydrogen) atoms. The summed E-state index contributed by atoms with van der Waals surface area (Å²) in [5.41, 5.74) is 4.13. The summed E-state index contributed by atoms with van der Waals surface area (Å²) in [5.74, 6) is 1.75. The normalized spacial score (nSPS) is 15.9. The number of H-pyrrole nitrogens is 1. The SMILES string of the molecule is CC(C)n1ncnc1N1CC2=C(CCOc3ccc(-c4cc[nH]c(=O)c4)cc32)S1. The van der Waals surface area contributed by atoms with Crippen molar-refractivity contribution in [1.29, 1.82) is 0 Å². The molecular formula is C21H21N5O2S. The highest BCUT2D eigenvalue weighted by atomic mass is 32.2. The molecule has 0 saturated heterocycles. The molecule has 0 unspecified atom stereocenters. The fourth-order valence-electron chi connectivity index (χ4n) is 3.73. The van der Waals surface area contributed by atoms with Crippen molar-refractivity contribution in [1.82, 2.24) is 19.7 Å². The van der Waals surface area contributed by atoms with Crippen LogP contribution in [0.15, 0.2) is 52.6 Å². The lowest BCUT2D eigenvalue weighted by Crippen LogP contribution is -2.19. The minimum atomic E-state index is -0.107. The summed E-state index contributed by atoms with van der Waals surface area (Å²) in [6.07, 6.45) is 4.15. The van der Waals surface area contributed by atoms with Gasteiger partial charge in [-0.25, -0.2) is 4.68 Å². The van der Waals surface area contributed by atoms with Gasteiger partial charge in [0.25, 0.3) is 0 Å². The van der Waals surface area contributed by atoms with E-state index in [-0.39, 0.29) is 11.6 Å². The Hall–Kier alpha value is -3.00. The number of aromatic amines is 1. The van der Waals surface area contributed by atoms with Crippen LogP contribution in [0.25, 0.3) is 16.7 Å². The summed E-state index contributed by atoms with van der Waals surface area (Å²) >= 11 is 1.72. The van der Waals surface area contributed by atoms with Crippen LogP contribution < -0.4 is 14.6 Å². The van der Waals surface area contributed by atoms with E-state index in [9.17, 15) is 4.79 Å². The van der Waals surface area contributed by atoms with E-state index < -0.39 is 0 Å². The van der Waals surface area contributed by atoms with Crippen LogP contribution in [-0.4, -0.2) is 32.9 Å². The van der Waals surface area contributed by atoms with Crippen molar-refractivity contribution in [2.45, 2.75) is 26.3 Å². The lowest BCUT2D eigenvalue weighted by Gasteiger charge is -2.20. The lowest BCUT2D eigenvalue weighted by molar-refractivity contribution is 0.326. The summed E-state index contributed by atoms with van der Waals surface area (Å²) in [5, 5.41) is 4.38. The summed E-state index contributed by atoms with van der Waals surface area (Å²) in [4.78, 5) is 20.2. The number of hydrogen-bond acceptors (Lipinski definition) is 6. The number of nitrogens with one attached hydrogen (secondary N) is 1. The highest BCUT2D eigenvalue weighted by Crippen LogP contribution is 2.46. The van der Waals surface area contributed by atoms with E-state index in [0.29, 0.717) is 6.61 Å². The first-order valence-electron chi connectivity index (χ1n) is 9.63. The molecule has 0 fully saturated rings. The molecule has 8 heteroatoms. The highest BCUT2D eigenvalue weighted by molar-refractivity contribution is 8.04. The molecule has 0 saturated carbocycles. The second kappa shape index (κ2) is 7.11. The number of ether oxygens (including phenoxy) is 1. The molecule has 0 bridgehead atoms. The molecule has 148 valence electrons. The first-order chi connectivity index (χ1) is 14.1. The average molecular weight is 407 g/mol. The number of nitrogens with zero attached hydrogens (tertiary/aromatic N) is 4. The monoisotopic (exact) mass is 407 g/mol. The Morgan fingerprint density at radius 1 is 1.21 bits per heavy atom. The van der Waals surface area contributed by atoms with E-state index in [0.717, 1.165) is 41.4 Å². The number of fused-ring (bicyclic) bond motifs is 2. The third-order valence-electron chi connectivity index (χ3n) is 5.12. The summed E-state index contributed by atoms with van der Waals surface area (Å²) in [7, 11) is 0. The topological polar surface area (TPSA) is 76.0 Å². The molecule has 4 heterocycles. The number of benzene rings is 1. The third kappa shape index (κ3) is 3.23. The van der Waals surface area contributed by atoms with Gasteiger partial charge in [0.2, 0.25) is 11.5 Å². The predicted molar refractivity (Wildman–Crippen MR) is 115 cm³/mol. The first-order valence-corrected chi connectivity index (χ1v) is 10.4. The molecule has 0 radical (unpaired) electrons. The van der Waals surface area contributed by atoms with E-state index in [1.54, 1.807) is 30.5 Å². The maximum atomic E-state index is 11.7. The van der Waals surface area contributed by atoms with Gasteiger partial charge in [0, 0.05) is 29.2 Å². The Bertz CT molecular complexity index is 1160. The molecule has 0 atom stereocenters. The first kappa shape index (κ1) is 18.1. The van der Waals surface area contributed by atoms with Gasteiger partial charge < -0.3 is 9.72 Å². The molecule has 5 rings (SSSR count). The van der Waals surface area contributed by atoms with Gasteiger partial charge in [0.15, 0.2) is 0 Å². The highest BCUT2D eigenvalue weighted by Gasteiger charge is 2.31. The van der Waals surface area contributed by atoms with Crippen LogP contribution in [0.2, 0.25) is 0 Å². The van der Waals surface area contributed by atoms with Gasteiger partial charge in [-0.2, -0.15) is 10.1 Å². The van der Waals surface area contributed by atoms with Crippen molar-refractivity contribution in [3.05, 3.63) is 63.7 Å². The maximum Gasteiger partial charge on any atom is 0.248 e. The van der Waals surface area contributed by atoms with Crippen LogP contribution in [0.1, 0.15) is 31.9 Å².